The lowest BCUT2D eigenvalue weighted by Gasteiger charge is -2.03. The number of nitrogens with zero attached hydrogens (tertiary/aromatic N) is 1. The molecule has 2 N–H and O–H groups in total. The monoisotopic (exact) mass is 310 g/mol. The molecule has 2 aromatic carbocycles. The third-order valence-electron chi connectivity index (χ3n) is 2.38. The Morgan fingerprint density at radius 2 is 1.85 bits per heavy atom. The molecule has 0 saturated carbocycles. The van der Waals surface area contributed by atoms with Gasteiger partial charge in [-0.1, -0.05) is 23.7 Å². The van der Waals surface area contributed by atoms with Gasteiger partial charge in [0.05, 0.1) is 11.1 Å². The molecule has 0 spiro atoms. The largest absolute Gasteiger partial charge is 0.508 e. The minimum absolute atomic E-state index is 0.0648. The highest BCUT2D eigenvalue weighted by Crippen LogP contribution is 2.14. The van der Waals surface area contributed by atoms with Gasteiger partial charge < -0.3 is 5.11 Å². The van der Waals surface area contributed by atoms with Crippen molar-refractivity contribution >= 4 is 27.8 Å². The van der Waals surface area contributed by atoms with Crippen LogP contribution in [0.3, 0.4) is 0 Å². The summed E-state index contributed by atoms with van der Waals surface area (Å²) in [5.74, 6) is 0.0782. The van der Waals surface area contributed by atoms with Crippen LogP contribution in [-0.2, 0) is 10.0 Å². The van der Waals surface area contributed by atoms with Crippen LogP contribution in [0.15, 0.2) is 58.5 Å². The normalized spacial score (nSPS) is 11.7. The average Bonchev–Trinajstić information content (AvgIpc) is 2.39. The molecule has 7 heteroatoms. The van der Waals surface area contributed by atoms with E-state index in [0.717, 1.165) is 0 Å². The third-order valence-corrected chi connectivity index (χ3v) is 3.87. The van der Waals surface area contributed by atoms with Crippen LogP contribution in [0.2, 0.25) is 5.02 Å². The first kappa shape index (κ1) is 14.4. The van der Waals surface area contributed by atoms with Gasteiger partial charge in [0.1, 0.15) is 5.75 Å². The van der Waals surface area contributed by atoms with Crippen molar-refractivity contribution in [1.82, 2.24) is 4.83 Å². The van der Waals surface area contributed by atoms with E-state index in [-0.39, 0.29) is 10.6 Å². The maximum Gasteiger partial charge on any atom is 0.276 e. The van der Waals surface area contributed by atoms with E-state index in [4.69, 9.17) is 11.6 Å². The minimum Gasteiger partial charge on any atom is -0.508 e. The molecular weight excluding hydrogens is 300 g/mol. The fraction of sp³-hybridized carbons (Fsp3) is 0. The second kappa shape index (κ2) is 5.94. The molecular formula is C13H11ClN2O3S. The average molecular weight is 311 g/mol. The zero-order chi connectivity index (χ0) is 14.6. The summed E-state index contributed by atoms with van der Waals surface area (Å²) in [6, 6.07) is 12.0. The van der Waals surface area contributed by atoms with Gasteiger partial charge in [-0.15, -0.1) is 0 Å². The molecule has 0 saturated heterocycles. The van der Waals surface area contributed by atoms with E-state index in [2.05, 4.69) is 9.93 Å². The third kappa shape index (κ3) is 3.72. The molecule has 0 heterocycles. The van der Waals surface area contributed by atoms with Gasteiger partial charge >= 0.3 is 0 Å². The van der Waals surface area contributed by atoms with Crippen LogP contribution in [0, 0.1) is 0 Å². The summed E-state index contributed by atoms with van der Waals surface area (Å²) in [6.07, 6.45) is 1.30. The number of phenols is 1. The van der Waals surface area contributed by atoms with E-state index in [9.17, 15) is 13.5 Å². The quantitative estimate of drug-likeness (QED) is 0.672. The molecule has 0 aromatic heterocycles. The molecule has 0 unspecified atom stereocenters. The lowest BCUT2D eigenvalue weighted by atomic mass is 10.2. The summed E-state index contributed by atoms with van der Waals surface area (Å²) < 4.78 is 23.8. The minimum atomic E-state index is -3.73. The number of rotatable bonds is 4. The summed E-state index contributed by atoms with van der Waals surface area (Å²) in [7, 11) is -3.73. The van der Waals surface area contributed by atoms with E-state index >= 15 is 0 Å². The number of benzene rings is 2. The number of aromatic hydroxyl groups is 1. The second-order valence-corrected chi connectivity index (χ2v) is 6.00. The fourth-order valence-corrected chi connectivity index (χ4v) is 2.36. The Hall–Kier alpha value is -2.05. The van der Waals surface area contributed by atoms with Crippen molar-refractivity contribution in [2.45, 2.75) is 4.90 Å². The summed E-state index contributed by atoms with van der Waals surface area (Å²) in [5.41, 5.74) is 0.573. The van der Waals surface area contributed by atoms with Crippen molar-refractivity contribution in [3.05, 3.63) is 59.1 Å². The van der Waals surface area contributed by atoms with E-state index in [1.807, 2.05) is 0 Å². The van der Waals surface area contributed by atoms with Gasteiger partial charge in [0.15, 0.2) is 0 Å². The molecule has 0 bridgehead atoms. The number of hydrazone groups is 1. The SMILES string of the molecule is O=S(=O)(N/N=C\c1cccc(O)c1)c1ccc(Cl)cc1. The highest BCUT2D eigenvalue weighted by Gasteiger charge is 2.11. The summed E-state index contributed by atoms with van der Waals surface area (Å²) in [5, 5.41) is 13.4. The Balaban J connectivity index is 2.11. The predicted molar refractivity (Wildman–Crippen MR) is 77.5 cm³/mol. The number of hydrogen-bond acceptors (Lipinski definition) is 4. The first-order valence-electron chi connectivity index (χ1n) is 5.57. The van der Waals surface area contributed by atoms with Crippen LogP contribution in [0.4, 0.5) is 0 Å². The van der Waals surface area contributed by atoms with Crippen LogP contribution < -0.4 is 4.83 Å². The fourth-order valence-electron chi connectivity index (χ4n) is 1.44. The van der Waals surface area contributed by atoms with Crippen molar-refractivity contribution in [2.24, 2.45) is 5.10 Å². The highest BCUT2D eigenvalue weighted by molar-refractivity contribution is 7.89. The smallest absolute Gasteiger partial charge is 0.276 e. The van der Waals surface area contributed by atoms with Gasteiger partial charge in [-0.2, -0.15) is 13.5 Å². The Labute approximate surface area is 121 Å². The maximum absolute atomic E-state index is 11.9. The summed E-state index contributed by atoms with van der Waals surface area (Å²) in [4.78, 5) is 2.14. The Kier molecular flexibility index (Phi) is 4.26. The molecule has 20 heavy (non-hydrogen) atoms. The van der Waals surface area contributed by atoms with Gasteiger partial charge in [-0.25, -0.2) is 4.83 Å². The molecule has 0 amide bonds. The lowest BCUT2D eigenvalue weighted by molar-refractivity contribution is 0.475. The zero-order valence-corrected chi connectivity index (χ0v) is 11.8. The van der Waals surface area contributed by atoms with Crippen LogP contribution in [0.5, 0.6) is 5.75 Å². The molecule has 0 fully saturated rings. The highest BCUT2D eigenvalue weighted by atomic mass is 35.5. The molecule has 0 atom stereocenters. The molecule has 104 valence electrons. The van der Waals surface area contributed by atoms with Gasteiger partial charge in [0, 0.05) is 5.02 Å². The van der Waals surface area contributed by atoms with E-state index in [0.29, 0.717) is 10.6 Å². The van der Waals surface area contributed by atoms with Crippen LogP contribution in [-0.4, -0.2) is 19.7 Å². The number of nitrogens with one attached hydrogen (secondary N) is 1. The molecule has 2 aromatic rings. The zero-order valence-electron chi connectivity index (χ0n) is 10.2. The van der Waals surface area contributed by atoms with Crippen LogP contribution in [0.1, 0.15) is 5.56 Å². The van der Waals surface area contributed by atoms with E-state index in [1.54, 1.807) is 12.1 Å². The van der Waals surface area contributed by atoms with Crippen molar-refractivity contribution in [3.8, 4) is 5.75 Å². The first-order chi connectivity index (χ1) is 9.47. The topological polar surface area (TPSA) is 78.8 Å². The van der Waals surface area contributed by atoms with E-state index in [1.165, 1.54) is 42.6 Å². The van der Waals surface area contributed by atoms with Gasteiger partial charge in [-0.05, 0) is 42.0 Å². The molecule has 0 aliphatic carbocycles. The Morgan fingerprint density at radius 3 is 2.50 bits per heavy atom. The second-order valence-electron chi connectivity index (χ2n) is 3.90. The van der Waals surface area contributed by atoms with Gasteiger partial charge in [0.25, 0.3) is 10.0 Å². The van der Waals surface area contributed by atoms with E-state index < -0.39 is 10.0 Å². The van der Waals surface area contributed by atoms with Crippen molar-refractivity contribution in [1.29, 1.82) is 0 Å². The summed E-state index contributed by atoms with van der Waals surface area (Å²) in [6.45, 7) is 0. The van der Waals surface area contributed by atoms with Gasteiger partial charge in [0.2, 0.25) is 0 Å². The standard InChI is InChI=1S/C13H11ClN2O3S/c14-11-4-6-13(7-5-11)20(18,19)16-15-9-10-2-1-3-12(17)8-10/h1-9,16-17H/b15-9-. The Morgan fingerprint density at radius 1 is 1.15 bits per heavy atom. The maximum atomic E-state index is 11.9. The molecule has 0 radical (unpaired) electrons. The first-order valence-corrected chi connectivity index (χ1v) is 7.43. The van der Waals surface area contributed by atoms with Crippen molar-refractivity contribution in [3.63, 3.8) is 0 Å². The van der Waals surface area contributed by atoms with Crippen molar-refractivity contribution in [2.75, 3.05) is 0 Å². The molecule has 2 rings (SSSR count). The molecule has 5 nitrogen and oxygen atoms in total. The molecule has 0 aliphatic heterocycles. The predicted octanol–water partition coefficient (Wildman–Crippen LogP) is 2.36. The Bertz CT molecular complexity index is 728. The van der Waals surface area contributed by atoms with Crippen LogP contribution in [0.25, 0.3) is 0 Å². The summed E-state index contributed by atoms with van der Waals surface area (Å²) >= 11 is 5.69. The number of halogens is 1. The van der Waals surface area contributed by atoms with Crippen molar-refractivity contribution < 1.29 is 13.5 Å². The van der Waals surface area contributed by atoms with Crippen LogP contribution >= 0.6 is 11.6 Å². The number of phenolic OH excluding ortho intramolecular Hbond substituents is 1. The molecule has 0 aliphatic rings. The van der Waals surface area contributed by atoms with Gasteiger partial charge in [-0.3, -0.25) is 0 Å². The lowest BCUT2D eigenvalue weighted by Crippen LogP contribution is -2.18. The number of sulfonamides is 1. The number of hydrogen-bond donors (Lipinski definition) is 2.